The van der Waals surface area contributed by atoms with Gasteiger partial charge in [-0.25, -0.2) is 0 Å². The summed E-state index contributed by atoms with van der Waals surface area (Å²) in [5.41, 5.74) is 1.79. The standard InChI is InChI=1S/C53H77ClN2O8/c1-32(2)42-38(57)31-53(21-22-55-44(58)34-12-11-33(54)29-39(34)63-28-25-56-23-26-62-27-24-56)20-19-49(7)35(43(42)53)13-17-52(10)50(8)16-15-41(48(5,6)40(50)14-18-51(49,52)9)64-46(61)37-30-36(45(59)60)47(37,3)4/h11-12,29,32,35-37,40-41H,13-28,30-31H2,1-10H3,(H,55,58)(H,59,60)/t35-,36+,37-,40+,41+,49-,50+,51+,52-,53-/m1/s1. The molecule has 6 fully saturated rings. The molecule has 0 unspecified atom stereocenters. The fourth-order valence-electron chi connectivity index (χ4n) is 16.0. The molecule has 0 spiro atoms. The van der Waals surface area contributed by atoms with Crippen molar-refractivity contribution in [3.63, 3.8) is 0 Å². The van der Waals surface area contributed by atoms with Gasteiger partial charge in [0.1, 0.15) is 18.5 Å². The van der Waals surface area contributed by atoms with Gasteiger partial charge in [-0.2, -0.15) is 0 Å². The summed E-state index contributed by atoms with van der Waals surface area (Å²) in [4.78, 5) is 56.1. The van der Waals surface area contributed by atoms with Crippen LogP contribution >= 0.6 is 11.6 Å². The van der Waals surface area contributed by atoms with Crippen LogP contribution in [0.25, 0.3) is 0 Å². The van der Waals surface area contributed by atoms with Crippen LogP contribution in [0.4, 0.5) is 0 Å². The number of halogens is 1. The molecule has 7 aliphatic rings. The summed E-state index contributed by atoms with van der Waals surface area (Å²) in [6, 6.07) is 5.21. The van der Waals surface area contributed by atoms with Gasteiger partial charge >= 0.3 is 11.9 Å². The molecule has 6 aliphatic carbocycles. The topological polar surface area (TPSA) is 131 Å². The third-order valence-electron chi connectivity index (χ3n) is 20.5. The van der Waals surface area contributed by atoms with Gasteiger partial charge in [-0.3, -0.25) is 24.1 Å². The van der Waals surface area contributed by atoms with E-state index in [4.69, 9.17) is 25.8 Å². The summed E-state index contributed by atoms with van der Waals surface area (Å²) in [7, 11) is 0. The maximum absolute atomic E-state index is 14.3. The van der Waals surface area contributed by atoms with Gasteiger partial charge in [0.25, 0.3) is 5.91 Å². The smallest absolute Gasteiger partial charge is 0.309 e. The van der Waals surface area contributed by atoms with Gasteiger partial charge in [0.2, 0.25) is 0 Å². The van der Waals surface area contributed by atoms with Crippen LogP contribution in [0, 0.1) is 67.5 Å². The van der Waals surface area contributed by atoms with Gasteiger partial charge in [-0.05, 0) is 133 Å². The number of allylic oxidation sites excluding steroid dienone is 2. The second-order valence-electron chi connectivity index (χ2n) is 23.8. The number of hydrogen-bond donors (Lipinski definition) is 2. The van der Waals surface area contributed by atoms with Crippen LogP contribution in [0.15, 0.2) is 29.3 Å². The van der Waals surface area contributed by atoms with Gasteiger partial charge < -0.3 is 24.6 Å². The molecule has 1 heterocycles. The van der Waals surface area contributed by atoms with Crippen LogP contribution in [0.2, 0.25) is 5.02 Å². The van der Waals surface area contributed by atoms with Crippen molar-refractivity contribution in [2.24, 2.45) is 67.5 Å². The molecule has 10 nitrogen and oxygen atoms in total. The summed E-state index contributed by atoms with van der Waals surface area (Å²) in [6.07, 6.45) is 9.37. The molecule has 1 saturated heterocycles. The van der Waals surface area contributed by atoms with Crippen LogP contribution < -0.4 is 10.1 Å². The van der Waals surface area contributed by atoms with Crippen molar-refractivity contribution in [2.75, 3.05) is 46.0 Å². The number of carboxylic acids is 1. The summed E-state index contributed by atoms with van der Waals surface area (Å²) in [6.45, 7) is 27.9. The average Bonchev–Trinajstić information content (AvgIpc) is 3.52. The molecule has 1 aromatic carbocycles. The Morgan fingerprint density at radius 3 is 2.25 bits per heavy atom. The number of carbonyl (C=O) groups is 4. The molecule has 1 aliphatic heterocycles. The quantitative estimate of drug-likeness (QED) is 0.197. The van der Waals surface area contributed by atoms with E-state index in [1.54, 1.807) is 18.2 Å². The SMILES string of the molecule is CC(C)C1=C2[C@H]3CC[C@@]4(C)[C@@](C)(CC[C@H]5C(C)(C)[C@@H](OC(=O)[C@H]6C[C@@H](C(=O)O)C6(C)C)CC[C@@]54C)[C@]3(C)CC[C@@]2(CCNC(=O)c2ccc(Cl)cc2OCCN2CCOCC2)CC1=O. The molecule has 354 valence electrons. The lowest BCUT2D eigenvalue weighted by Crippen LogP contribution is -2.70. The number of hydrogen-bond acceptors (Lipinski definition) is 8. The van der Waals surface area contributed by atoms with Gasteiger partial charge in [-0.1, -0.05) is 86.4 Å². The molecule has 0 bridgehead atoms. The summed E-state index contributed by atoms with van der Waals surface area (Å²) in [5, 5.41) is 13.5. The average molecular weight is 906 g/mol. The third kappa shape index (κ3) is 7.22. The lowest BCUT2D eigenvalue weighted by Gasteiger charge is -2.76. The maximum Gasteiger partial charge on any atom is 0.309 e. The number of ether oxygens (including phenoxy) is 3. The molecular weight excluding hydrogens is 828 g/mol. The van der Waals surface area contributed by atoms with E-state index < -0.39 is 23.2 Å². The normalized spacial score (nSPS) is 38.9. The van der Waals surface area contributed by atoms with Crippen molar-refractivity contribution in [3.05, 3.63) is 39.9 Å². The van der Waals surface area contributed by atoms with Crippen molar-refractivity contribution >= 4 is 35.2 Å². The number of nitrogens with zero attached hydrogens (tertiary/aromatic N) is 1. The van der Waals surface area contributed by atoms with Crippen LogP contribution in [0.5, 0.6) is 5.75 Å². The van der Waals surface area contributed by atoms with E-state index >= 15 is 0 Å². The Bertz CT molecular complexity index is 2070. The number of Topliss-reactive ketones (excluding diaryl/α,β-unsaturated/α-hetero) is 1. The lowest BCUT2D eigenvalue weighted by atomic mass is 9.28. The largest absolute Gasteiger partial charge is 0.491 e. The van der Waals surface area contributed by atoms with Gasteiger partial charge in [0.05, 0.1) is 30.6 Å². The molecule has 1 aromatic rings. The Labute approximate surface area is 387 Å². The minimum atomic E-state index is -0.834. The Kier molecular flexibility index (Phi) is 12.4. The first-order chi connectivity index (χ1) is 30.0. The summed E-state index contributed by atoms with van der Waals surface area (Å²) < 4.78 is 18.1. The second kappa shape index (κ2) is 16.7. The number of benzene rings is 1. The number of esters is 1. The number of rotatable bonds is 12. The van der Waals surface area contributed by atoms with Crippen LogP contribution in [0.3, 0.4) is 0 Å². The predicted octanol–water partition coefficient (Wildman–Crippen LogP) is 10.2. The highest BCUT2D eigenvalue weighted by Crippen LogP contribution is 2.81. The molecule has 64 heavy (non-hydrogen) atoms. The predicted molar refractivity (Wildman–Crippen MR) is 248 cm³/mol. The number of fused-ring (bicyclic) bond motifs is 7. The lowest BCUT2D eigenvalue weighted by molar-refractivity contribution is -0.278. The van der Waals surface area contributed by atoms with Gasteiger partial charge in [-0.15, -0.1) is 0 Å². The highest BCUT2D eigenvalue weighted by Gasteiger charge is 2.74. The zero-order valence-corrected chi connectivity index (χ0v) is 41.3. The molecule has 0 radical (unpaired) electrons. The first-order valence-corrected chi connectivity index (χ1v) is 25.1. The van der Waals surface area contributed by atoms with E-state index in [1.165, 1.54) is 5.57 Å². The molecule has 5 saturated carbocycles. The molecule has 10 atom stereocenters. The third-order valence-corrected chi connectivity index (χ3v) is 20.7. The Morgan fingerprint density at radius 1 is 0.891 bits per heavy atom. The van der Waals surface area contributed by atoms with E-state index in [0.717, 1.165) is 83.0 Å². The molecule has 8 rings (SSSR count). The number of ketones is 1. The monoisotopic (exact) mass is 905 g/mol. The zero-order chi connectivity index (χ0) is 46.4. The number of carbonyl (C=O) groups excluding carboxylic acids is 3. The second-order valence-corrected chi connectivity index (χ2v) is 24.2. The molecule has 11 heteroatoms. The van der Waals surface area contributed by atoms with Crippen molar-refractivity contribution in [1.29, 1.82) is 0 Å². The van der Waals surface area contributed by atoms with E-state index in [1.807, 2.05) is 13.8 Å². The van der Waals surface area contributed by atoms with Gasteiger partial charge in [0, 0.05) is 48.5 Å². The van der Waals surface area contributed by atoms with E-state index in [9.17, 15) is 24.3 Å². The van der Waals surface area contributed by atoms with Crippen molar-refractivity contribution < 1.29 is 38.5 Å². The highest BCUT2D eigenvalue weighted by molar-refractivity contribution is 6.30. The molecule has 1 amide bonds. The number of morpholine rings is 1. The zero-order valence-electron chi connectivity index (χ0n) is 40.6. The minimum absolute atomic E-state index is 0.00339. The van der Waals surface area contributed by atoms with Crippen molar-refractivity contribution in [3.8, 4) is 5.75 Å². The fourth-order valence-corrected chi connectivity index (χ4v) is 16.2. The van der Waals surface area contributed by atoms with Gasteiger partial charge in [0.15, 0.2) is 5.78 Å². The van der Waals surface area contributed by atoms with E-state index in [-0.39, 0.29) is 62.3 Å². The van der Waals surface area contributed by atoms with Crippen LogP contribution in [-0.2, 0) is 23.9 Å². The number of aliphatic carboxylic acids is 1. The highest BCUT2D eigenvalue weighted by atomic mass is 35.5. The maximum atomic E-state index is 14.3. The van der Waals surface area contributed by atoms with Crippen molar-refractivity contribution in [1.82, 2.24) is 10.2 Å². The summed E-state index contributed by atoms with van der Waals surface area (Å²) >= 11 is 6.40. The number of amides is 1. The van der Waals surface area contributed by atoms with E-state index in [2.05, 4.69) is 65.6 Å². The molecule has 0 aromatic heterocycles. The molecule has 2 N–H and O–H groups in total. The van der Waals surface area contributed by atoms with Crippen LogP contribution in [-0.4, -0.2) is 85.7 Å². The number of nitrogens with one attached hydrogen (secondary N) is 1. The first kappa shape index (κ1) is 47.5. The Balaban J connectivity index is 0.995. The minimum Gasteiger partial charge on any atom is -0.491 e. The molecular formula is C53H77ClN2O8. The van der Waals surface area contributed by atoms with Crippen molar-refractivity contribution in [2.45, 2.75) is 146 Å². The van der Waals surface area contributed by atoms with Crippen LogP contribution in [0.1, 0.15) is 150 Å². The Morgan fingerprint density at radius 2 is 1.58 bits per heavy atom. The Hall–Kier alpha value is -2.95. The fraction of sp³-hybridized carbons (Fsp3) is 0.774. The number of carboxylic acid groups (broad SMARTS) is 1. The van der Waals surface area contributed by atoms with E-state index in [0.29, 0.717) is 67.2 Å². The summed E-state index contributed by atoms with van der Waals surface area (Å²) in [5.74, 6) is -0.627. The first-order valence-electron chi connectivity index (χ1n) is 24.7.